The van der Waals surface area contributed by atoms with Crippen LogP contribution in [0.15, 0.2) is 48.6 Å². The molecule has 67 heavy (non-hydrogen) atoms. The zero-order valence-corrected chi connectivity index (χ0v) is 45.8. The number of ether oxygens (including phenoxy) is 2. The Morgan fingerprint density at radius 3 is 1.24 bits per heavy atom. The van der Waals surface area contributed by atoms with Crippen LogP contribution in [0.5, 0.6) is 0 Å². The zero-order chi connectivity index (χ0) is 49.0. The fraction of sp³-hybridized carbons (Fsp3) is 0.845. The van der Waals surface area contributed by atoms with Gasteiger partial charge in [-0.15, -0.1) is 0 Å². The average Bonchev–Trinajstić information content (AvgIpc) is 3.29. The molecule has 0 saturated carbocycles. The molecular formula is C58H111NO7P+. The van der Waals surface area contributed by atoms with Gasteiger partial charge in [-0.2, -0.15) is 0 Å². The van der Waals surface area contributed by atoms with Crippen LogP contribution in [-0.2, 0) is 27.9 Å². The van der Waals surface area contributed by atoms with E-state index in [1.807, 2.05) is 21.1 Å². The van der Waals surface area contributed by atoms with E-state index in [0.717, 1.165) is 44.9 Å². The molecule has 0 aromatic rings. The number of likely N-dealkylation sites (N-methyl/N-ethyl adjacent to an activating group) is 1. The Morgan fingerprint density at radius 1 is 0.463 bits per heavy atom. The van der Waals surface area contributed by atoms with E-state index in [2.05, 4.69) is 62.5 Å². The highest BCUT2D eigenvalue weighted by atomic mass is 31.2. The lowest BCUT2D eigenvalue weighted by Crippen LogP contribution is -2.37. The molecule has 2 atom stereocenters. The number of hydrogen-bond acceptors (Lipinski definition) is 6. The van der Waals surface area contributed by atoms with E-state index in [1.54, 1.807) is 0 Å². The SMILES string of the molecule is CCCCCCC/C=C\C/C=C\C/C=C\CCCCCCCCCCCOCC(COP(=O)(O)OCC[N+](C)(C)C)OC(=O)CCCCCCCCCCC/C=C\CCCCCCCCCC. The monoisotopic (exact) mass is 965 g/mol. The topological polar surface area (TPSA) is 91.3 Å². The summed E-state index contributed by atoms with van der Waals surface area (Å²) < 4.78 is 35.2. The number of phosphoric acid groups is 1. The quantitative estimate of drug-likeness (QED) is 0.0213. The normalized spacial score (nSPS) is 13.8. The summed E-state index contributed by atoms with van der Waals surface area (Å²) in [6.07, 6.45) is 64.5. The molecule has 0 spiro atoms. The Bertz CT molecular complexity index is 1210. The lowest BCUT2D eigenvalue weighted by atomic mass is 10.1. The summed E-state index contributed by atoms with van der Waals surface area (Å²) in [6.45, 7) is 5.63. The highest BCUT2D eigenvalue weighted by Crippen LogP contribution is 2.43. The molecule has 394 valence electrons. The second-order valence-corrected chi connectivity index (χ2v) is 21.8. The predicted molar refractivity (Wildman–Crippen MR) is 289 cm³/mol. The average molecular weight is 965 g/mol. The molecule has 0 bridgehead atoms. The molecule has 0 aromatic carbocycles. The van der Waals surface area contributed by atoms with Crippen molar-refractivity contribution >= 4 is 13.8 Å². The second-order valence-electron chi connectivity index (χ2n) is 20.3. The molecule has 0 radical (unpaired) electrons. The van der Waals surface area contributed by atoms with Gasteiger partial charge in [-0.05, 0) is 77.0 Å². The van der Waals surface area contributed by atoms with Crippen molar-refractivity contribution in [1.29, 1.82) is 0 Å². The molecule has 0 aliphatic carbocycles. The second kappa shape index (κ2) is 50.8. The number of allylic oxidation sites excluding steroid dienone is 8. The van der Waals surface area contributed by atoms with Gasteiger partial charge in [-0.1, -0.05) is 223 Å². The molecule has 0 rings (SSSR count). The summed E-state index contributed by atoms with van der Waals surface area (Å²) in [6, 6.07) is 0. The standard InChI is InChI=1S/C58H110NO7P/c1-6-8-10-12-14-16-18-20-22-24-26-28-29-30-32-34-36-38-40-42-44-46-48-50-53-63-55-57(56-65-67(61,62)64-54-52-59(3,4)5)66-58(60)51-49-47-45-43-41-39-37-35-33-31-27-25-23-21-19-17-15-13-11-9-7-2/h18,20,24-27,29-30,57H,6-17,19,21-23,28,31-56H2,1-5H3/p+1/b20-18-,26-24-,27-25-,30-29-. The third-order valence-corrected chi connectivity index (χ3v) is 13.3. The van der Waals surface area contributed by atoms with Crippen LogP contribution in [0, 0.1) is 0 Å². The minimum atomic E-state index is -4.29. The molecular weight excluding hydrogens is 854 g/mol. The van der Waals surface area contributed by atoms with E-state index in [1.165, 1.54) is 193 Å². The van der Waals surface area contributed by atoms with E-state index in [-0.39, 0.29) is 25.8 Å². The fourth-order valence-electron chi connectivity index (χ4n) is 7.97. The van der Waals surface area contributed by atoms with E-state index in [0.29, 0.717) is 24.1 Å². The van der Waals surface area contributed by atoms with Crippen molar-refractivity contribution in [3.63, 3.8) is 0 Å². The van der Waals surface area contributed by atoms with Crippen molar-refractivity contribution in [2.75, 3.05) is 54.1 Å². The maximum Gasteiger partial charge on any atom is 0.472 e. The summed E-state index contributed by atoms with van der Waals surface area (Å²) in [5, 5.41) is 0. The van der Waals surface area contributed by atoms with E-state index in [4.69, 9.17) is 18.5 Å². The molecule has 0 aliphatic heterocycles. The fourth-order valence-corrected chi connectivity index (χ4v) is 8.71. The summed E-state index contributed by atoms with van der Waals surface area (Å²) in [7, 11) is 1.67. The number of phosphoric ester groups is 1. The first kappa shape index (κ1) is 65.5. The van der Waals surface area contributed by atoms with Crippen molar-refractivity contribution in [1.82, 2.24) is 0 Å². The van der Waals surface area contributed by atoms with Crippen LogP contribution in [0.2, 0.25) is 0 Å². The molecule has 0 aromatic heterocycles. The van der Waals surface area contributed by atoms with Crippen molar-refractivity contribution in [3.05, 3.63) is 48.6 Å². The Hall–Kier alpha value is -1.54. The highest BCUT2D eigenvalue weighted by molar-refractivity contribution is 7.47. The number of quaternary nitrogens is 1. The van der Waals surface area contributed by atoms with Crippen LogP contribution in [0.25, 0.3) is 0 Å². The third kappa shape index (κ3) is 55.3. The zero-order valence-electron chi connectivity index (χ0n) is 44.9. The maximum atomic E-state index is 12.8. The van der Waals surface area contributed by atoms with Gasteiger partial charge in [-0.3, -0.25) is 13.8 Å². The Kier molecular flexibility index (Phi) is 49.7. The summed E-state index contributed by atoms with van der Waals surface area (Å²) in [5.41, 5.74) is 0. The summed E-state index contributed by atoms with van der Waals surface area (Å²) >= 11 is 0. The van der Waals surface area contributed by atoms with E-state index in [9.17, 15) is 14.3 Å². The Morgan fingerprint density at radius 2 is 0.821 bits per heavy atom. The van der Waals surface area contributed by atoms with Crippen LogP contribution in [-0.4, -0.2) is 75.6 Å². The molecule has 2 unspecified atom stereocenters. The Balaban J connectivity index is 4.10. The number of hydrogen-bond donors (Lipinski definition) is 1. The van der Waals surface area contributed by atoms with Gasteiger partial charge in [-0.25, -0.2) is 4.57 Å². The highest BCUT2D eigenvalue weighted by Gasteiger charge is 2.26. The van der Waals surface area contributed by atoms with Gasteiger partial charge in [0.1, 0.15) is 19.3 Å². The molecule has 8 nitrogen and oxygen atoms in total. The molecule has 0 amide bonds. The third-order valence-electron chi connectivity index (χ3n) is 12.4. The summed E-state index contributed by atoms with van der Waals surface area (Å²) in [4.78, 5) is 23.1. The van der Waals surface area contributed by atoms with Gasteiger partial charge in [0.25, 0.3) is 0 Å². The predicted octanol–water partition coefficient (Wildman–Crippen LogP) is 17.8. The lowest BCUT2D eigenvalue weighted by molar-refractivity contribution is -0.870. The first-order valence-corrected chi connectivity index (χ1v) is 29.9. The largest absolute Gasteiger partial charge is 0.472 e. The molecule has 0 fully saturated rings. The first-order valence-electron chi connectivity index (χ1n) is 28.4. The minimum absolute atomic E-state index is 0.0865. The van der Waals surface area contributed by atoms with Crippen molar-refractivity contribution in [2.45, 2.75) is 264 Å². The smallest absolute Gasteiger partial charge is 0.457 e. The van der Waals surface area contributed by atoms with Crippen molar-refractivity contribution in [3.8, 4) is 0 Å². The van der Waals surface area contributed by atoms with Gasteiger partial charge in [0.2, 0.25) is 0 Å². The van der Waals surface area contributed by atoms with Gasteiger partial charge >= 0.3 is 13.8 Å². The van der Waals surface area contributed by atoms with Crippen LogP contribution >= 0.6 is 7.82 Å². The molecule has 1 N–H and O–H groups in total. The van der Waals surface area contributed by atoms with Crippen LogP contribution in [0.4, 0.5) is 0 Å². The molecule has 9 heteroatoms. The van der Waals surface area contributed by atoms with Crippen LogP contribution < -0.4 is 0 Å². The van der Waals surface area contributed by atoms with Gasteiger partial charge in [0.05, 0.1) is 34.4 Å². The number of esters is 1. The molecule has 0 saturated heterocycles. The lowest BCUT2D eigenvalue weighted by Gasteiger charge is -2.24. The minimum Gasteiger partial charge on any atom is -0.457 e. The van der Waals surface area contributed by atoms with Gasteiger partial charge in [0.15, 0.2) is 0 Å². The molecule has 0 heterocycles. The van der Waals surface area contributed by atoms with E-state index >= 15 is 0 Å². The molecule has 0 aliphatic rings. The number of rotatable bonds is 53. The number of carbonyl (C=O) groups is 1. The Labute approximate surface area is 416 Å². The van der Waals surface area contributed by atoms with E-state index < -0.39 is 13.9 Å². The van der Waals surface area contributed by atoms with Crippen LogP contribution in [0.3, 0.4) is 0 Å². The van der Waals surface area contributed by atoms with Gasteiger partial charge < -0.3 is 18.9 Å². The van der Waals surface area contributed by atoms with Crippen molar-refractivity contribution in [2.24, 2.45) is 0 Å². The number of nitrogens with zero attached hydrogens (tertiary/aromatic N) is 1. The first-order chi connectivity index (χ1) is 32.6. The van der Waals surface area contributed by atoms with Crippen LogP contribution in [0.1, 0.15) is 258 Å². The number of unbranched alkanes of at least 4 members (excludes halogenated alkanes) is 31. The maximum absolute atomic E-state index is 12.8. The van der Waals surface area contributed by atoms with Crippen molar-refractivity contribution < 1.29 is 37.3 Å². The van der Waals surface area contributed by atoms with Gasteiger partial charge in [0, 0.05) is 13.0 Å². The summed E-state index contributed by atoms with van der Waals surface area (Å²) in [5.74, 6) is -0.315. The number of carbonyl (C=O) groups excluding carboxylic acids is 1.